The lowest BCUT2D eigenvalue weighted by atomic mass is 10.00. The van der Waals surface area contributed by atoms with E-state index in [0.29, 0.717) is 5.56 Å². The molecule has 3 aromatic rings. The van der Waals surface area contributed by atoms with E-state index in [1.807, 2.05) is 37.3 Å². The first kappa shape index (κ1) is 18.3. The van der Waals surface area contributed by atoms with Crippen molar-refractivity contribution in [1.29, 1.82) is 0 Å². The van der Waals surface area contributed by atoms with E-state index in [1.54, 1.807) is 6.07 Å². The number of benzene rings is 2. The summed E-state index contributed by atoms with van der Waals surface area (Å²) in [5.74, 6) is -1.67. The molecule has 0 saturated carbocycles. The Hall–Kier alpha value is -3.45. The Morgan fingerprint density at radius 2 is 1.81 bits per heavy atom. The fraction of sp³-hybridized carbons (Fsp3) is 0.150. The maximum absolute atomic E-state index is 12.8. The first-order valence-corrected chi connectivity index (χ1v) is 8.29. The predicted octanol–water partition coefficient (Wildman–Crippen LogP) is 2.86. The Morgan fingerprint density at radius 1 is 1.07 bits per heavy atom. The first-order chi connectivity index (χ1) is 13.0. The Labute approximate surface area is 155 Å². The molecule has 0 spiro atoms. The van der Waals surface area contributed by atoms with E-state index < -0.39 is 11.9 Å². The van der Waals surface area contributed by atoms with Crippen molar-refractivity contribution >= 4 is 28.3 Å². The van der Waals surface area contributed by atoms with Gasteiger partial charge in [0, 0.05) is 11.6 Å². The number of aromatic nitrogens is 1. The number of pyridine rings is 1. The van der Waals surface area contributed by atoms with E-state index in [9.17, 15) is 14.7 Å². The van der Waals surface area contributed by atoms with Crippen LogP contribution in [0.4, 0.5) is 5.69 Å². The van der Waals surface area contributed by atoms with Crippen molar-refractivity contribution in [2.75, 3.05) is 18.5 Å². The van der Waals surface area contributed by atoms with Crippen LogP contribution in [0.1, 0.15) is 26.4 Å². The summed E-state index contributed by atoms with van der Waals surface area (Å²) >= 11 is 0. The van der Waals surface area contributed by atoms with Gasteiger partial charge in [0.2, 0.25) is 5.88 Å². The molecule has 0 saturated heterocycles. The molecule has 0 bridgehead atoms. The second kappa shape index (κ2) is 7.84. The van der Waals surface area contributed by atoms with E-state index in [1.165, 1.54) is 12.1 Å². The zero-order valence-corrected chi connectivity index (χ0v) is 14.6. The topological polar surface area (TPSA) is 109 Å². The third-order valence-electron chi connectivity index (χ3n) is 4.05. The van der Waals surface area contributed by atoms with Gasteiger partial charge in [-0.05, 0) is 35.4 Å². The SMILES string of the molecule is Cc1ccc(C(=O)Nc2ccc(OCCO)nc2C(=O)O)c2ccccc12. The van der Waals surface area contributed by atoms with Gasteiger partial charge in [-0.25, -0.2) is 9.78 Å². The first-order valence-electron chi connectivity index (χ1n) is 8.29. The summed E-state index contributed by atoms with van der Waals surface area (Å²) in [7, 11) is 0. The molecule has 0 aliphatic heterocycles. The average Bonchev–Trinajstić information content (AvgIpc) is 2.67. The van der Waals surface area contributed by atoms with Crippen molar-refractivity contribution in [3.63, 3.8) is 0 Å². The molecule has 0 unspecified atom stereocenters. The van der Waals surface area contributed by atoms with Gasteiger partial charge in [-0.2, -0.15) is 0 Å². The number of aliphatic hydroxyl groups is 1. The highest BCUT2D eigenvalue weighted by atomic mass is 16.5. The van der Waals surface area contributed by atoms with E-state index in [-0.39, 0.29) is 30.5 Å². The molecule has 3 rings (SSSR count). The third-order valence-corrected chi connectivity index (χ3v) is 4.05. The second-order valence-corrected chi connectivity index (χ2v) is 5.85. The number of hydrogen-bond acceptors (Lipinski definition) is 5. The number of ether oxygens (including phenoxy) is 1. The number of hydrogen-bond donors (Lipinski definition) is 3. The number of aliphatic hydroxyl groups excluding tert-OH is 1. The highest BCUT2D eigenvalue weighted by molar-refractivity contribution is 6.14. The number of carbonyl (C=O) groups is 2. The fourth-order valence-corrected chi connectivity index (χ4v) is 2.77. The van der Waals surface area contributed by atoms with Gasteiger partial charge >= 0.3 is 5.97 Å². The van der Waals surface area contributed by atoms with Crippen LogP contribution in [0.25, 0.3) is 10.8 Å². The van der Waals surface area contributed by atoms with Gasteiger partial charge in [-0.15, -0.1) is 0 Å². The van der Waals surface area contributed by atoms with Gasteiger partial charge < -0.3 is 20.3 Å². The molecule has 7 nitrogen and oxygen atoms in total. The number of aryl methyl sites for hydroxylation is 1. The largest absolute Gasteiger partial charge is 0.476 e. The number of nitrogens with zero attached hydrogens (tertiary/aromatic N) is 1. The molecule has 0 aliphatic carbocycles. The molecule has 1 aromatic heterocycles. The fourth-order valence-electron chi connectivity index (χ4n) is 2.77. The number of aromatic carboxylic acids is 1. The average molecular weight is 366 g/mol. The molecule has 27 heavy (non-hydrogen) atoms. The van der Waals surface area contributed by atoms with Gasteiger partial charge in [0.1, 0.15) is 6.61 Å². The highest BCUT2D eigenvalue weighted by Crippen LogP contribution is 2.24. The number of nitrogens with one attached hydrogen (secondary N) is 1. The maximum Gasteiger partial charge on any atom is 0.356 e. The molecule has 2 aromatic carbocycles. The van der Waals surface area contributed by atoms with Crippen LogP contribution in [0.2, 0.25) is 0 Å². The number of carboxylic acid groups (broad SMARTS) is 1. The van der Waals surface area contributed by atoms with E-state index in [0.717, 1.165) is 16.3 Å². The number of fused-ring (bicyclic) bond motifs is 1. The van der Waals surface area contributed by atoms with Gasteiger partial charge in [0.25, 0.3) is 5.91 Å². The lowest BCUT2D eigenvalue weighted by Gasteiger charge is -2.12. The number of carbonyl (C=O) groups excluding carboxylic acids is 1. The number of anilines is 1. The second-order valence-electron chi connectivity index (χ2n) is 5.85. The van der Waals surface area contributed by atoms with Crippen molar-refractivity contribution < 1.29 is 24.5 Å². The minimum absolute atomic E-state index is 0.00682. The van der Waals surface area contributed by atoms with Crippen LogP contribution < -0.4 is 10.1 Å². The summed E-state index contributed by atoms with van der Waals surface area (Å²) < 4.78 is 5.12. The van der Waals surface area contributed by atoms with Crippen molar-refractivity contribution in [3.8, 4) is 5.88 Å². The maximum atomic E-state index is 12.8. The van der Waals surface area contributed by atoms with Crippen molar-refractivity contribution in [2.24, 2.45) is 0 Å². The summed E-state index contributed by atoms with van der Waals surface area (Å²) in [6.45, 7) is 1.73. The molecule has 138 valence electrons. The zero-order valence-electron chi connectivity index (χ0n) is 14.6. The van der Waals surface area contributed by atoms with Crippen LogP contribution in [-0.2, 0) is 0 Å². The summed E-state index contributed by atoms with van der Waals surface area (Å²) in [6.07, 6.45) is 0. The molecule has 3 N–H and O–H groups in total. The molecule has 1 amide bonds. The van der Waals surface area contributed by atoms with Crippen LogP contribution in [0.15, 0.2) is 48.5 Å². The molecule has 1 heterocycles. The van der Waals surface area contributed by atoms with E-state index in [2.05, 4.69) is 10.3 Å². The molecular formula is C20H18N2O5. The van der Waals surface area contributed by atoms with E-state index in [4.69, 9.17) is 9.84 Å². The molecule has 0 atom stereocenters. The van der Waals surface area contributed by atoms with Gasteiger partial charge in [-0.3, -0.25) is 4.79 Å². The minimum Gasteiger partial charge on any atom is -0.476 e. The van der Waals surface area contributed by atoms with Crippen molar-refractivity contribution in [2.45, 2.75) is 6.92 Å². The van der Waals surface area contributed by atoms with Crippen LogP contribution >= 0.6 is 0 Å². The Kier molecular flexibility index (Phi) is 5.33. The highest BCUT2D eigenvalue weighted by Gasteiger charge is 2.18. The number of carboxylic acids is 1. The van der Waals surface area contributed by atoms with Crippen molar-refractivity contribution in [1.82, 2.24) is 4.98 Å². The standard InChI is InChI=1S/C20H18N2O5/c1-12-6-7-15(14-5-3-2-4-13(12)14)19(24)21-16-8-9-17(27-11-10-23)22-18(16)20(25)26/h2-9,23H,10-11H2,1H3,(H,21,24)(H,25,26). The summed E-state index contributed by atoms with van der Waals surface area (Å²) in [4.78, 5) is 28.2. The Morgan fingerprint density at radius 3 is 2.52 bits per heavy atom. The number of amides is 1. The Bertz CT molecular complexity index is 1020. The summed E-state index contributed by atoms with van der Waals surface area (Å²) in [5, 5.41) is 22.5. The minimum atomic E-state index is -1.30. The molecule has 7 heteroatoms. The van der Waals surface area contributed by atoms with Crippen LogP contribution in [0.5, 0.6) is 5.88 Å². The Balaban J connectivity index is 1.95. The molecular weight excluding hydrogens is 348 g/mol. The van der Waals surface area contributed by atoms with Crippen LogP contribution in [0.3, 0.4) is 0 Å². The predicted molar refractivity (Wildman–Crippen MR) is 100 cm³/mol. The van der Waals surface area contributed by atoms with Gasteiger partial charge in [-0.1, -0.05) is 30.3 Å². The van der Waals surface area contributed by atoms with Gasteiger partial charge in [0.05, 0.1) is 12.3 Å². The van der Waals surface area contributed by atoms with Gasteiger partial charge in [0.15, 0.2) is 5.69 Å². The molecule has 0 fully saturated rings. The molecule has 0 aliphatic rings. The third kappa shape index (κ3) is 3.88. The van der Waals surface area contributed by atoms with Crippen LogP contribution in [-0.4, -0.2) is 40.3 Å². The monoisotopic (exact) mass is 366 g/mol. The lowest BCUT2D eigenvalue weighted by molar-refractivity contribution is 0.0690. The zero-order chi connectivity index (χ0) is 19.4. The summed E-state index contributed by atoms with van der Waals surface area (Å²) in [5.41, 5.74) is 1.21. The smallest absolute Gasteiger partial charge is 0.356 e. The van der Waals surface area contributed by atoms with E-state index >= 15 is 0 Å². The van der Waals surface area contributed by atoms with Crippen LogP contribution in [0, 0.1) is 6.92 Å². The quantitative estimate of drug-likeness (QED) is 0.619. The molecule has 0 radical (unpaired) electrons. The lowest BCUT2D eigenvalue weighted by Crippen LogP contribution is -2.17. The summed E-state index contributed by atoms with van der Waals surface area (Å²) in [6, 6.07) is 13.9. The normalized spacial score (nSPS) is 10.6. The number of rotatable bonds is 6. The van der Waals surface area contributed by atoms with Crippen molar-refractivity contribution in [3.05, 3.63) is 65.4 Å².